The zero-order valence-corrected chi connectivity index (χ0v) is 16.2. The van der Waals surface area contributed by atoms with Gasteiger partial charge in [-0.15, -0.1) is 0 Å². The Morgan fingerprint density at radius 1 is 1.04 bits per heavy atom. The molecule has 0 atom stereocenters. The molecule has 8 heteroatoms. The highest BCUT2D eigenvalue weighted by atomic mass is 32.2. The molecule has 5 N–H and O–H groups in total. The second kappa shape index (κ2) is 7.40. The van der Waals surface area contributed by atoms with Gasteiger partial charge in [0, 0.05) is 40.1 Å². The van der Waals surface area contributed by atoms with E-state index in [9.17, 15) is 4.79 Å². The Balaban J connectivity index is 1.54. The lowest BCUT2D eigenvalue weighted by Gasteiger charge is -2.07. The van der Waals surface area contributed by atoms with Crippen molar-refractivity contribution in [2.75, 3.05) is 22.5 Å². The second-order valence-corrected chi connectivity index (χ2v) is 7.27. The number of amides is 1. The fraction of sp³-hybridized carbons (Fsp3) is 0.150. The van der Waals surface area contributed by atoms with Gasteiger partial charge in [-0.3, -0.25) is 4.79 Å². The van der Waals surface area contributed by atoms with Gasteiger partial charge in [0.25, 0.3) is 0 Å². The third-order valence-electron chi connectivity index (χ3n) is 4.45. The number of nitrogens with two attached hydrogens (primary N) is 2. The maximum atomic E-state index is 12.4. The van der Waals surface area contributed by atoms with Crippen molar-refractivity contribution in [1.29, 1.82) is 0 Å². The van der Waals surface area contributed by atoms with E-state index >= 15 is 0 Å². The molecule has 0 aliphatic heterocycles. The third-order valence-corrected chi connectivity index (χ3v) is 5.30. The molecule has 0 spiro atoms. The molecule has 2 aromatic heterocycles. The molecule has 0 bridgehead atoms. The van der Waals surface area contributed by atoms with E-state index < -0.39 is 0 Å². The average Bonchev–Trinajstić information content (AvgIpc) is 2.99. The van der Waals surface area contributed by atoms with Gasteiger partial charge in [-0.25, -0.2) is 9.97 Å². The number of rotatable bonds is 5. The number of nitrogen functional groups attached to an aromatic ring is 2. The summed E-state index contributed by atoms with van der Waals surface area (Å²) in [7, 11) is 0. The molecule has 2 aromatic carbocycles. The van der Waals surface area contributed by atoms with Crippen molar-refractivity contribution >= 4 is 56.8 Å². The maximum Gasteiger partial charge on any atom is 0.234 e. The topological polar surface area (TPSA) is 112 Å². The van der Waals surface area contributed by atoms with Crippen LogP contribution in [0.25, 0.3) is 21.8 Å². The van der Waals surface area contributed by atoms with Crippen molar-refractivity contribution in [3.8, 4) is 0 Å². The Bertz CT molecular complexity index is 1170. The summed E-state index contributed by atoms with van der Waals surface area (Å²) in [6.07, 6.45) is 0. The van der Waals surface area contributed by atoms with E-state index in [-0.39, 0.29) is 23.3 Å². The smallest absolute Gasteiger partial charge is 0.234 e. The number of aromatic nitrogens is 3. The Kier molecular flexibility index (Phi) is 4.79. The number of hydrogen-bond donors (Lipinski definition) is 3. The number of thioether (sulfide) groups is 1. The second-order valence-electron chi connectivity index (χ2n) is 6.33. The van der Waals surface area contributed by atoms with E-state index in [2.05, 4.69) is 38.9 Å². The standard InChI is InChI=1S/C20H20N6OS/c1-2-26-15-6-4-3-5-13(15)14-9-12(7-8-16(14)26)23-19(27)11-28-20-24-17(21)10-18(22)25-20/h3-10H,2,11H2,1H3,(H,23,27)(H4,21,22,24,25). The largest absolute Gasteiger partial charge is 0.383 e. The Hall–Kier alpha value is -3.26. The lowest BCUT2D eigenvalue weighted by atomic mass is 10.1. The summed E-state index contributed by atoms with van der Waals surface area (Å²) in [5.41, 5.74) is 14.4. The Morgan fingerprint density at radius 3 is 2.50 bits per heavy atom. The van der Waals surface area contributed by atoms with Gasteiger partial charge in [-0.05, 0) is 31.2 Å². The van der Waals surface area contributed by atoms with Crippen molar-refractivity contribution in [1.82, 2.24) is 14.5 Å². The molecular weight excluding hydrogens is 372 g/mol. The van der Waals surface area contributed by atoms with Gasteiger partial charge in [-0.2, -0.15) is 0 Å². The molecule has 0 saturated carbocycles. The Morgan fingerprint density at radius 2 is 1.75 bits per heavy atom. The van der Waals surface area contributed by atoms with E-state index in [0.717, 1.165) is 23.1 Å². The molecule has 7 nitrogen and oxygen atoms in total. The predicted molar refractivity (Wildman–Crippen MR) is 115 cm³/mol. The number of carbonyl (C=O) groups is 1. The van der Waals surface area contributed by atoms with Gasteiger partial charge >= 0.3 is 0 Å². The van der Waals surface area contributed by atoms with Crippen molar-refractivity contribution in [3.63, 3.8) is 0 Å². The van der Waals surface area contributed by atoms with E-state index in [0.29, 0.717) is 5.16 Å². The van der Waals surface area contributed by atoms with Gasteiger partial charge in [0.05, 0.1) is 5.75 Å². The predicted octanol–water partition coefficient (Wildman–Crippen LogP) is 3.50. The molecule has 28 heavy (non-hydrogen) atoms. The first kappa shape index (κ1) is 18.1. The van der Waals surface area contributed by atoms with Crippen LogP contribution in [-0.4, -0.2) is 26.2 Å². The van der Waals surface area contributed by atoms with Crippen LogP contribution in [0.1, 0.15) is 6.92 Å². The van der Waals surface area contributed by atoms with Gasteiger partial charge in [0.15, 0.2) is 5.16 Å². The first-order chi connectivity index (χ1) is 13.5. The summed E-state index contributed by atoms with van der Waals surface area (Å²) in [5.74, 6) is 0.590. The van der Waals surface area contributed by atoms with Crippen molar-refractivity contribution < 1.29 is 4.79 Å². The van der Waals surface area contributed by atoms with Gasteiger partial charge in [0.1, 0.15) is 11.6 Å². The van der Waals surface area contributed by atoms with Crippen LogP contribution in [0.15, 0.2) is 53.7 Å². The summed E-state index contributed by atoms with van der Waals surface area (Å²) in [4.78, 5) is 20.5. The van der Waals surface area contributed by atoms with Gasteiger partial charge < -0.3 is 21.4 Å². The number of para-hydroxylation sites is 1. The van der Waals surface area contributed by atoms with Crippen LogP contribution in [-0.2, 0) is 11.3 Å². The van der Waals surface area contributed by atoms with E-state index in [1.165, 1.54) is 28.7 Å². The monoisotopic (exact) mass is 392 g/mol. The van der Waals surface area contributed by atoms with Crippen molar-refractivity contribution in [2.24, 2.45) is 0 Å². The number of anilines is 3. The number of fused-ring (bicyclic) bond motifs is 3. The van der Waals surface area contributed by atoms with Crippen LogP contribution in [0.2, 0.25) is 0 Å². The molecule has 0 aliphatic carbocycles. The highest BCUT2D eigenvalue weighted by Gasteiger charge is 2.11. The minimum Gasteiger partial charge on any atom is -0.383 e. The summed E-state index contributed by atoms with van der Waals surface area (Å²) in [6, 6.07) is 15.7. The van der Waals surface area contributed by atoms with Crippen molar-refractivity contribution in [3.05, 3.63) is 48.5 Å². The molecule has 4 rings (SSSR count). The molecule has 2 heterocycles. The van der Waals surface area contributed by atoms with E-state index in [1.807, 2.05) is 30.3 Å². The maximum absolute atomic E-state index is 12.4. The highest BCUT2D eigenvalue weighted by Crippen LogP contribution is 2.31. The summed E-state index contributed by atoms with van der Waals surface area (Å²) in [5, 5.41) is 5.62. The number of nitrogens with one attached hydrogen (secondary N) is 1. The van der Waals surface area contributed by atoms with Crippen LogP contribution < -0.4 is 16.8 Å². The number of nitrogens with zero attached hydrogens (tertiary/aromatic N) is 3. The zero-order valence-electron chi connectivity index (χ0n) is 15.3. The first-order valence-corrected chi connectivity index (χ1v) is 9.87. The summed E-state index contributed by atoms with van der Waals surface area (Å²) >= 11 is 1.19. The Labute approximate surface area is 166 Å². The van der Waals surface area contributed by atoms with E-state index in [1.54, 1.807) is 0 Å². The lowest BCUT2D eigenvalue weighted by Crippen LogP contribution is -2.14. The molecule has 1 amide bonds. The third kappa shape index (κ3) is 3.46. The molecule has 4 aromatic rings. The normalized spacial score (nSPS) is 11.2. The number of hydrogen-bond acceptors (Lipinski definition) is 6. The van der Waals surface area contributed by atoms with Crippen molar-refractivity contribution in [2.45, 2.75) is 18.6 Å². The average molecular weight is 392 g/mol. The minimum absolute atomic E-state index is 0.145. The summed E-state index contributed by atoms with van der Waals surface area (Å²) in [6.45, 7) is 3.01. The summed E-state index contributed by atoms with van der Waals surface area (Å²) < 4.78 is 2.27. The zero-order chi connectivity index (χ0) is 19.7. The molecule has 142 valence electrons. The van der Waals surface area contributed by atoms with Crippen LogP contribution >= 0.6 is 11.8 Å². The fourth-order valence-electron chi connectivity index (χ4n) is 3.33. The molecule has 0 radical (unpaired) electrons. The number of carbonyl (C=O) groups excluding carboxylic acids is 1. The molecule has 0 saturated heterocycles. The van der Waals surface area contributed by atoms with Crippen LogP contribution in [0, 0.1) is 0 Å². The molecular formula is C20H20N6OS. The number of benzene rings is 2. The lowest BCUT2D eigenvalue weighted by molar-refractivity contribution is -0.113. The highest BCUT2D eigenvalue weighted by molar-refractivity contribution is 7.99. The molecule has 0 fully saturated rings. The van der Waals surface area contributed by atoms with Gasteiger partial charge in [0.2, 0.25) is 5.91 Å². The first-order valence-electron chi connectivity index (χ1n) is 8.89. The van der Waals surface area contributed by atoms with Gasteiger partial charge in [-0.1, -0.05) is 30.0 Å². The number of aryl methyl sites for hydroxylation is 1. The van der Waals surface area contributed by atoms with Crippen LogP contribution in [0.4, 0.5) is 17.3 Å². The van der Waals surface area contributed by atoms with E-state index in [4.69, 9.17) is 11.5 Å². The molecule has 0 unspecified atom stereocenters. The van der Waals surface area contributed by atoms with Crippen LogP contribution in [0.3, 0.4) is 0 Å². The quantitative estimate of drug-likeness (QED) is 0.354. The minimum atomic E-state index is -0.145. The SMILES string of the molecule is CCn1c2ccccc2c2cc(NC(=O)CSc3nc(N)cc(N)n3)ccc21. The van der Waals surface area contributed by atoms with Crippen LogP contribution in [0.5, 0.6) is 0 Å². The molecule has 0 aliphatic rings. The fourth-order valence-corrected chi connectivity index (χ4v) is 4.00.